The summed E-state index contributed by atoms with van der Waals surface area (Å²) in [5.41, 5.74) is 5.40. The Balaban J connectivity index is 0. The monoisotopic (exact) mass is 230 g/mol. The predicted octanol–water partition coefficient (Wildman–Crippen LogP) is 0.635. The van der Waals surface area contributed by atoms with E-state index in [9.17, 15) is 0 Å². The molecule has 3 N–H and O–H groups in total. The zero-order valence-corrected chi connectivity index (χ0v) is 9.45. The summed E-state index contributed by atoms with van der Waals surface area (Å²) >= 11 is 0. The second-order valence-corrected chi connectivity index (χ2v) is 3.16. The first-order valence-electron chi connectivity index (χ1n) is 4.43. The van der Waals surface area contributed by atoms with E-state index in [1.54, 1.807) is 0 Å². The summed E-state index contributed by atoms with van der Waals surface area (Å²) in [6.07, 6.45) is 3.44. The van der Waals surface area contributed by atoms with Crippen molar-refractivity contribution in [3.05, 3.63) is 0 Å². The van der Waals surface area contributed by atoms with E-state index in [0.717, 1.165) is 32.5 Å². The quantitative estimate of drug-likeness (QED) is 0.746. The minimum Gasteiger partial charge on any atom is -0.395 e. The first-order chi connectivity index (χ1) is 5.38. The van der Waals surface area contributed by atoms with Gasteiger partial charge in [-0.1, -0.05) is 0 Å². The summed E-state index contributed by atoms with van der Waals surface area (Å²) in [6.45, 7) is 3.27. The molecule has 3 nitrogen and oxygen atoms in total. The number of halogens is 2. The number of nitrogens with two attached hydrogens (primary N) is 1. The van der Waals surface area contributed by atoms with Gasteiger partial charge in [-0.3, -0.25) is 4.90 Å². The van der Waals surface area contributed by atoms with E-state index < -0.39 is 0 Å². The van der Waals surface area contributed by atoms with E-state index in [-0.39, 0.29) is 24.8 Å². The molecule has 0 radical (unpaired) electrons. The number of rotatable bonds is 4. The molecule has 13 heavy (non-hydrogen) atoms. The summed E-state index contributed by atoms with van der Waals surface area (Å²) in [7, 11) is 0. The zero-order chi connectivity index (χ0) is 8.10. The van der Waals surface area contributed by atoms with Crippen LogP contribution in [0.5, 0.6) is 0 Å². The van der Waals surface area contributed by atoms with Crippen LogP contribution in [0.2, 0.25) is 0 Å². The summed E-state index contributed by atoms with van der Waals surface area (Å²) in [5, 5.41) is 8.96. The molecular formula is C8H20Cl2N2O. The Morgan fingerprint density at radius 3 is 2.62 bits per heavy atom. The lowest BCUT2D eigenvalue weighted by Crippen LogP contribution is -2.33. The average molecular weight is 231 g/mol. The Kier molecular flexibility index (Phi) is 11.1. The van der Waals surface area contributed by atoms with E-state index in [4.69, 9.17) is 10.8 Å². The molecule has 0 amide bonds. The average Bonchev–Trinajstić information content (AvgIpc) is 2.47. The van der Waals surface area contributed by atoms with Crippen LogP contribution < -0.4 is 5.73 Å². The van der Waals surface area contributed by atoms with Gasteiger partial charge in [0.1, 0.15) is 0 Å². The molecule has 0 spiro atoms. The van der Waals surface area contributed by atoms with Crippen molar-refractivity contribution < 1.29 is 5.11 Å². The highest BCUT2D eigenvalue weighted by atomic mass is 35.5. The molecule has 1 aliphatic rings. The fraction of sp³-hybridized carbons (Fsp3) is 1.00. The topological polar surface area (TPSA) is 49.5 Å². The largest absolute Gasteiger partial charge is 0.395 e. The molecule has 0 aliphatic carbocycles. The highest BCUT2D eigenvalue weighted by Gasteiger charge is 2.22. The molecule has 1 heterocycles. The molecule has 0 bridgehead atoms. The lowest BCUT2D eigenvalue weighted by molar-refractivity contribution is 0.158. The van der Waals surface area contributed by atoms with Crippen LogP contribution in [0.15, 0.2) is 0 Å². The molecule has 0 aromatic carbocycles. The van der Waals surface area contributed by atoms with Crippen LogP contribution in [-0.4, -0.2) is 42.3 Å². The molecule has 1 fully saturated rings. The Bertz CT molecular complexity index is 116. The van der Waals surface area contributed by atoms with Gasteiger partial charge in [0.2, 0.25) is 0 Å². The molecule has 0 aromatic rings. The van der Waals surface area contributed by atoms with Crippen molar-refractivity contribution in [3.63, 3.8) is 0 Å². The fourth-order valence-electron chi connectivity index (χ4n) is 1.69. The maximum atomic E-state index is 8.96. The Hall–Kier alpha value is 0.460. The fourth-order valence-corrected chi connectivity index (χ4v) is 1.69. The molecule has 82 valence electrons. The summed E-state index contributed by atoms with van der Waals surface area (Å²) < 4.78 is 0. The van der Waals surface area contributed by atoms with Gasteiger partial charge in [-0.05, 0) is 38.9 Å². The zero-order valence-electron chi connectivity index (χ0n) is 7.82. The predicted molar refractivity (Wildman–Crippen MR) is 59.8 cm³/mol. The van der Waals surface area contributed by atoms with E-state index in [0.29, 0.717) is 12.6 Å². The number of hydrogen-bond acceptors (Lipinski definition) is 3. The minimum absolute atomic E-state index is 0. The summed E-state index contributed by atoms with van der Waals surface area (Å²) in [4.78, 5) is 2.34. The van der Waals surface area contributed by atoms with Gasteiger partial charge >= 0.3 is 0 Å². The molecule has 0 unspecified atom stereocenters. The van der Waals surface area contributed by atoms with E-state index in [1.165, 1.54) is 6.42 Å². The van der Waals surface area contributed by atoms with Crippen LogP contribution in [0.4, 0.5) is 0 Å². The molecule has 0 saturated carbocycles. The lowest BCUT2D eigenvalue weighted by atomic mass is 10.2. The van der Waals surface area contributed by atoms with Crippen LogP contribution in [0.1, 0.15) is 19.3 Å². The molecule has 1 saturated heterocycles. The van der Waals surface area contributed by atoms with Crippen LogP contribution in [-0.2, 0) is 0 Å². The first kappa shape index (κ1) is 15.9. The second kappa shape index (κ2) is 9.03. The van der Waals surface area contributed by atoms with E-state index >= 15 is 0 Å². The smallest absolute Gasteiger partial charge is 0.0586 e. The highest BCUT2D eigenvalue weighted by molar-refractivity contribution is 5.85. The maximum Gasteiger partial charge on any atom is 0.0586 e. The number of aliphatic hydroxyl groups is 1. The maximum absolute atomic E-state index is 8.96. The number of aliphatic hydroxyl groups excluding tert-OH is 1. The van der Waals surface area contributed by atoms with Crippen LogP contribution >= 0.6 is 24.8 Å². The lowest BCUT2D eigenvalue weighted by Gasteiger charge is -2.21. The third-order valence-corrected chi connectivity index (χ3v) is 2.36. The number of likely N-dealkylation sites (tertiary alicyclic amines) is 1. The Morgan fingerprint density at radius 1 is 1.38 bits per heavy atom. The third kappa shape index (κ3) is 5.03. The van der Waals surface area contributed by atoms with Gasteiger partial charge in [-0.15, -0.1) is 24.8 Å². The molecule has 1 aliphatic heterocycles. The van der Waals surface area contributed by atoms with Gasteiger partial charge in [-0.2, -0.15) is 0 Å². The summed E-state index contributed by atoms with van der Waals surface area (Å²) in [5.74, 6) is 0. The van der Waals surface area contributed by atoms with Crippen molar-refractivity contribution in [2.45, 2.75) is 25.3 Å². The van der Waals surface area contributed by atoms with Crippen molar-refractivity contribution in [2.24, 2.45) is 5.73 Å². The normalized spacial score (nSPS) is 22.2. The van der Waals surface area contributed by atoms with Gasteiger partial charge in [-0.25, -0.2) is 0 Å². The van der Waals surface area contributed by atoms with Gasteiger partial charge in [0.05, 0.1) is 6.61 Å². The Morgan fingerprint density at radius 2 is 2.08 bits per heavy atom. The number of hydrogen-bond donors (Lipinski definition) is 2. The second-order valence-electron chi connectivity index (χ2n) is 3.16. The SMILES string of the molecule is Cl.Cl.NCCCN1CCC[C@@H]1CO. The van der Waals surface area contributed by atoms with Gasteiger partial charge in [0, 0.05) is 6.04 Å². The van der Waals surface area contributed by atoms with Crippen molar-refractivity contribution in [3.8, 4) is 0 Å². The Labute approximate surface area is 92.5 Å². The van der Waals surface area contributed by atoms with Crippen molar-refractivity contribution in [1.29, 1.82) is 0 Å². The molecule has 1 rings (SSSR count). The molecule has 0 aromatic heterocycles. The van der Waals surface area contributed by atoms with E-state index in [1.807, 2.05) is 0 Å². The first-order valence-corrected chi connectivity index (χ1v) is 4.43. The highest BCUT2D eigenvalue weighted by Crippen LogP contribution is 2.15. The third-order valence-electron chi connectivity index (χ3n) is 2.36. The van der Waals surface area contributed by atoms with Crippen molar-refractivity contribution in [2.75, 3.05) is 26.2 Å². The van der Waals surface area contributed by atoms with Crippen LogP contribution in [0, 0.1) is 0 Å². The van der Waals surface area contributed by atoms with Gasteiger partial charge in [0.25, 0.3) is 0 Å². The summed E-state index contributed by atoms with van der Waals surface area (Å²) in [6, 6.07) is 0.418. The van der Waals surface area contributed by atoms with Crippen molar-refractivity contribution in [1.82, 2.24) is 4.90 Å². The van der Waals surface area contributed by atoms with Gasteiger partial charge in [0.15, 0.2) is 0 Å². The van der Waals surface area contributed by atoms with Crippen molar-refractivity contribution >= 4 is 24.8 Å². The molecule has 5 heteroatoms. The minimum atomic E-state index is 0. The molecular weight excluding hydrogens is 211 g/mol. The molecule has 1 atom stereocenters. The van der Waals surface area contributed by atoms with Crippen LogP contribution in [0.25, 0.3) is 0 Å². The van der Waals surface area contributed by atoms with Gasteiger partial charge < -0.3 is 10.8 Å². The standard InChI is InChI=1S/C8H18N2O.2ClH/c9-4-2-6-10-5-1-3-8(10)7-11;;/h8,11H,1-7,9H2;2*1H/t8-;;/m1../s1. The number of nitrogens with zero attached hydrogens (tertiary/aromatic N) is 1. The van der Waals surface area contributed by atoms with Crippen LogP contribution in [0.3, 0.4) is 0 Å². The van der Waals surface area contributed by atoms with E-state index in [2.05, 4.69) is 4.90 Å².